The summed E-state index contributed by atoms with van der Waals surface area (Å²) in [5.74, 6) is 0.153. The van der Waals surface area contributed by atoms with Gasteiger partial charge < -0.3 is 10.6 Å². The monoisotopic (exact) mass is 227 g/mol. The molecule has 0 radical (unpaired) electrons. The number of hydrogen-bond donors (Lipinski definition) is 1. The molecule has 15 heavy (non-hydrogen) atoms. The molecule has 1 atom stereocenters. The van der Waals surface area contributed by atoms with Crippen molar-refractivity contribution in [1.82, 2.24) is 4.90 Å². The SMILES string of the molecule is CN1C(N)=NCC1c1cc(Cl)ccc1F. The topological polar surface area (TPSA) is 41.6 Å². The highest BCUT2D eigenvalue weighted by molar-refractivity contribution is 6.30. The van der Waals surface area contributed by atoms with Gasteiger partial charge in [0.2, 0.25) is 0 Å². The summed E-state index contributed by atoms with van der Waals surface area (Å²) in [6, 6.07) is 4.36. The number of benzene rings is 1. The number of halogens is 2. The third kappa shape index (κ3) is 1.77. The standard InChI is InChI=1S/C10H11ClFN3/c1-15-9(5-14-10(15)13)7-4-6(11)2-3-8(7)12/h2-4,9H,5H2,1H3,(H2,13,14). The molecule has 0 aromatic heterocycles. The van der Waals surface area contributed by atoms with Crippen molar-refractivity contribution in [2.24, 2.45) is 10.7 Å². The predicted molar refractivity (Wildman–Crippen MR) is 58.4 cm³/mol. The fourth-order valence-electron chi connectivity index (χ4n) is 1.65. The molecule has 1 heterocycles. The normalized spacial score (nSPS) is 20.6. The fraction of sp³-hybridized carbons (Fsp3) is 0.300. The Morgan fingerprint density at radius 1 is 1.60 bits per heavy atom. The number of guanidine groups is 1. The molecule has 0 bridgehead atoms. The highest BCUT2D eigenvalue weighted by Crippen LogP contribution is 2.28. The molecular formula is C10H11ClFN3. The first kappa shape index (κ1) is 10.2. The summed E-state index contributed by atoms with van der Waals surface area (Å²) in [7, 11) is 1.79. The zero-order valence-corrected chi connectivity index (χ0v) is 9.00. The molecule has 1 unspecified atom stereocenters. The molecule has 0 amide bonds. The smallest absolute Gasteiger partial charge is 0.191 e. The van der Waals surface area contributed by atoms with E-state index < -0.39 is 0 Å². The van der Waals surface area contributed by atoms with Gasteiger partial charge in [0.05, 0.1) is 12.6 Å². The fourth-order valence-corrected chi connectivity index (χ4v) is 1.83. The summed E-state index contributed by atoms with van der Waals surface area (Å²) < 4.78 is 13.5. The van der Waals surface area contributed by atoms with E-state index in [-0.39, 0.29) is 11.9 Å². The van der Waals surface area contributed by atoms with Crippen LogP contribution in [0.4, 0.5) is 4.39 Å². The van der Waals surface area contributed by atoms with Crippen LogP contribution in [0.2, 0.25) is 5.02 Å². The Morgan fingerprint density at radius 2 is 2.33 bits per heavy atom. The van der Waals surface area contributed by atoms with E-state index in [9.17, 15) is 4.39 Å². The summed E-state index contributed by atoms with van der Waals surface area (Å²) in [6.07, 6.45) is 0. The van der Waals surface area contributed by atoms with Crippen LogP contribution in [0.25, 0.3) is 0 Å². The van der Waals surface area contributed by atoms with E-state index in [0.717, 1.165) is 0 Å². The van der Waals surface area contributed by atoms with Crippen molar-refractivity contribution in [2.75, 3.05) is 13.6 Å². The maximum absolute atomic E-state index is 13.5. The van der Waals surface area contributed by atoms with Gasteiger partial charge in [-0.25, -0.2) is 4.39 Å². The molecule has 80 valence electrons. The van der Waals surface area contributed by atoms with E-state index in [1.54, 1.807) is 18.0 Å². The van der Waals surface area contributed by atoms with Crippen LogP contribution in [0.15, 0.2) is 23.2 Å². The maximum Gasteiger partial charge on any atom is 0.191 e. The Labute approximate surface area is 92.3 Å². The summed E-state index contributed by atoms with van der Waals surface area (Å²) in [5, 5.41) is 0.519. The Bertz CT molecular complexity index is 419. The first-order valence-electron chi connectivity index (χ1n) is 4.57. The van der Waals surface area contributed by atoms with Gasteiger partial charge in [0.25, 0.3) is 0 Å². The number of nitrogens with two attached hydrogens (primary N) is 1. The van der Waals surface area contributed by atoms with Gasteiger partial charge >= 0.3 is 0 Å². The van der Waals surface area contributed by atoms with Crippen LogP contribution in [0.5, 0.6) is 0 Å². The molecule has 0 spiro atoms. The number of hydrogen-bond acceptors (Lipinski definition) is 3. The van der Waals surface area contributed by atoms with Gasteiger partial charge in [-0.2, -0.15) is 0 Å². The van der Waals surface area contributed by atoms with Crippen LogP contribution in [-0.2, 0) is 0 Å². The molecule has 3 nitrogen and oxygen atoms in total. The van der Waals surface area contributed by atoms with Crippen molar-refractivity contribution in [2.45, 2.75) is 6.04 Å². The Morgan fingerprint density at radius 3 is 2.93 bits per heavy atom. The number of rotatable bonds is 1. The average molecular weight is 228 g/mol. The molecule has 1 aliphatic heterocycles. The Balaban J connectivity index is 2.35. The third-order valence-electron chi connectivity index (χ3n) is 2.57. The number of nitrogens with zero attached hydrogens (tertiary/aromatic N) is 2. The molecular weight excluding hydrogens is 217 g/mol. The van der Waals surface area contributed by atoms with Crippen molar-refractivity contribution in [1.29, 1.82) is 0 Å². The summed E-state index contributed by atoms with van der Waals surface area (Å²) in [5.41, 5.74) is 6.15. The molecule has 1 aliphatic rings. The van der Waals surface area contributed by atoms with E-state index in [2.05, 4.69) is 4.99 Å². The quantitative estimate of drug-likeness (QED) is 0.795. The first-order chi connectivity index (χ1) is 7.09. The van der Waals surface area contributed by atoms with Crippen LogP contribution in [0, 0.1) is 5.82 Å². The molecule has 1 aromatic rings. The van der Waals surface area contributed by atoms with Crippen LogP contribution < -0.4 is 5.73 Å². The van der Waals surface area contributed by atoms with E-state index >= 15 is 0 Å². The van der Waals surface area contributed by atoms with Crippen molar-refractivity contribution in [3.05, 3.63) is 34.6 Å². The van der Waals surface area contributed by atoms with Crippen LogP contribution in [0.1, 0.15) is 11.6 Å². The van der Waals surface area contributed by atoms with Gasteiger partial charge in [-0.05, 0) is 18.2 Å². The van der Waals surface area contributed by atoms with Gasteiger partial charge in [-0.3, -0.25) is 4.99 Å². The Kier molecular flexibility index (Phi) is 2.52. The predicted octanol–water partition coefficient (Wildman–Crippen LogP) is 1.78. The number of aliphatic imine (C=N–C) groups is 1. The van der Waals surface area contributed by atoms with Crippen molar-refractivity contribution in [3.8, 4) is 0 Å². The lowest BCUT2D eigenvalue weighted by atomic mass is 10.1. The van der Waals surface area contributed by atoms with Crippen molar-refractivity contribution >= 4 is 17.6 Å². The lowest BCUT2D eigenvalue weighted by Gasteiger charge is -2.22. The molecule has 2 rings (SSSR count). The molecule has 2 N–H and O–H groups in total. The van der Waals surface area contributed by atoms with Gasteiger partial charge in [0.15, 0.2) is 5.96 Å². The van der Waals surface area contributed by atoms with Crippen molar-refractivity contribution in [3.63, 3.8) is 0 Å². The van der Waals surface area contributed by atoms with Crippen molar-refractivity contribution < 1.29 is 4.39 Å². The largest absolute Gasteiger partial charge is 0.370 e. The lowest BCUT2D eigenvalue weighted by Crippen LogP contribution is -2.32. The summed E-state index contributed by atoms with van der Waals surface area (Å²) in [6.45, 7) is 0.472. The van der Waals surface area contributed by atoms with Crippen LogP contribution in [-0.4, -0.2) is 24.5 Å². The van der Waals surface area contributed by atoms with Gasteiger partial charge in [-0.1, -0.05) is 11.6 Å². The van der Waals surface area contributed by atoms with Gasteiger partial charge in [-0.15, -0.1) is 0 Å². The molecule has 0 fully saturated rings. The number of likely N-dealkylation sites (N-methyl/N-ethyl adjacent to an activating group) is 1. The van der Waals surface area contributed by atoms with E-state index in [1.165, 1.54) is 12.1 Å². The zero-order chi connectivity index (χ0) is 11.0. The zero-order valence-electron chi connectivity index (χ0n) is 8.24. The van der Waals surface area contributed by atoms with E-state index in [4.69, 9.17) is 17.3 Å². The minimum Gasteiger partial charge on any atom is -0.370 e. The molecule has 1 aromatic carbocycles. The molecule has 0 aliphatic carbocycles. The second-order valence-corrected chi connectivity index (χ2v) is 3.93. The molecule has 0 saturated carbocycles. The van der Waals surface area contributed by atoms with Crippen LogP contribution >= 0.6 is 11.6 Å². The van der Waals surface area contributed by atoms with Gasteiger partial charge in [0.1, 0.15) is 5.82 Å². The van der Waals surface area contributed by atoms with E-state index in [1.807, 2.05) is 0 Å². The minimum atomic E-state index is -0.277. The second-order valence-electron chi connectivity index (χ2n) is 3.49. The van der Waals surface area contributed by atoms with E-state index in [0.29, 0.717) is 23.1 Å². The summed E-state index contributed by atoms with van der Waals surface area (Å²) in [4.78, 5) is 5.80. The average Bonchev–Trinajstić information content (AvgIpc) is 2.52. The minimum absolute atomic E-state index is 0.149. The lowest BCUT2D eigenvalue weighted by molar-refractivity contribution is 0.399. The summed E-state index contributed by atoms with van der Waals surface area (Å²) >= 11 is 5.83. The molecule has 0 saturated heterocycles. The van der Waals surface area contributed by atoms with Gasteiger partial charge in [0, 0.05) is 17.6 Å². The second kappa shape index (κ2) is 3.70. The van der Waals surface area contributed by atoms with Crippen LogP contribution in [0.3, 0.4) is 0 Å². The highest BCUT2D eigenvalue weighted by Gasteiger charge is 2.26. The molecule has 5 heteroatoms. The first-order valence-corrected chi connectivity index (χ1v) is 4.95. The highest BCUT2D eigenvalue weighted by atomic mass is 35.5. The third-order valence-corrected chi connectivity index (χ3v) is 2.81. The Hall–Kier alpha value is -1.29. The maximum atomic E-state index is 13.5.